The molecule has 0 radical (unpaired) electrons. The molecule has 1 atom stereocenters. The zero-order valence-electron chi connectivity index (χ0n) is 13.4. The van der Waals surface area contributed by atoms with Gasteiger partial charge in [0.05, 0.1) is 25.4 Å². The molecule has 2 heterocycles. The predicted octanol–water partition coefficient (Wildman–Crippen LogP) is 3.43. The first-order valence-corrected chi connectivity index (χ1v) is 8.28. The van der Waals surface area contributed by atoms with Gasteiger partial charge in [-0.3, -0.25) is 4.90 Å². The third-order valence-electron chi connectivity index (χ3n) is 4.65. The number of oxazole rings is 1. The summed E-state index contributed by atoms with van der Waals surface area (Å²) < 4.78 is 5.92. The predicted molar refractivity (Wildman–Crippen MR) is 92.3 cm³/mol. The first-order valence-electron chi connectivity index (χ1n) is 8.28. The largest absolute Gasteiger partial charge is 0.439 e. The van der Waals surface area contributed by atoms with Crippen molar-refractivity contribution in [3.05, 3.63) is 77.8 Å². The molecule has 1 N–H and O–H groups in total. The maximum Gasteiger partial charge on any atom is 0.209 e. The van der Waals surface area contributed by atoms with Gasteiger partial charge in [-0.1, -0.05) is 54.6 Å². The lowest BCUT2D eigenvalue weighted by atomic mass is 9.93. The molecule has 0 fully saturated rings. The number of hydrogen-bond acceptors (Lipinski definition) is 4. The number of aliphatic hydroxyl groups excluding tert-OH is 1. The van der Waals surface area contributed by atoms with Crippen molar-refractivity contribution in [2.24, 2.45) is 0 Å². The summed E-state index contributed by atoms with van der Waals surface area (Å²) in [6, 6.07) is 18.3. The van der Waals surface area contributed by atoms with E-state index in [9.17, 15) is 5.11 Å². The van der Waals surface area contributed by atoms with E-state index < -0.39 is 0 Å². The van der Waals surface area contributed by atoms with Crippen LogP contribution >= 0.6 is 0 Å². The summed E-state index contributed by atoms with van der Waals surface area (Å²) >= 11 is 0. The van der Waals surface area contributed by atoms with Crippen LogP contribution in [-0.2, 0) is 13.0 Å². The van der Waals surface area contributed by atoms with Gasteiger partial charge in [-0.2, -0.15) is 0 Å². The number of aromatic nitrogens is 1. The summed E-state index contributed by atoms with van der Waals surface area (Å²) in [6.45, 7) is 1.60. The molecule has 0 amide bonds. The minimum absolute atomic E-state index is 0.00188. The summed E-state index contributed by atoms with van der Waals surface area (Å²) in [5.41, 5.74) is 3.56. The van der Waals surface area contributed by atoms with E-state index in [2.05, 4.69) is 28.1 Å². The van der Waals surface area contributed by atoms with Crippen LogP contribution in [-0.4, -0.2) is 28.1 Å². The van der Waals surface area contributed by atoms with Gasteiger partial charge in [-0.05, 0) is 17.5 Å². The Morgan fingerprint density at radius 3 is 2.71 bits per heavy atom. The number of nitrogens with zero attached hydrogens (tertiary/aromatic N) is 2. The first-order chi connectivity index (χ1) is 11.8. The van der Waals surface area contributed by atoms with Crippen LogP contribution in [0.15, 0.2) is 65.2 Å². The van der Waals surface area contributed by atoms with Gasteiger partial charge in [0, 0.05) is 12.1 Å². The van der Waals surface area contributed by atoms with Crippen LogP contribution in [0.2, 0.25) is 0 Å². The lowest BCUT2D eigenvalue weighted by molar-refractivity contribution is 0.0998. The molecule has 0 saturated carbocycles. The highest BCUT2D eigenvalue weighted by atomic mass is 16.4. The maximum atomic E-state index is 9.88. The van der Waals surface area contributed by atoms with Gasteiger partial charge < -0.3 is 9.52 Å². The molecule has 24 heavy (non-hydrogen) atoms. The van der Waals surface area contributed by atoms with E-state index in [0.29, 0.717) is 12.4 Å². The lowest BCUT2D eigenvalue weighted by Gasteiger charge is -2.35. The van der Waals surface area contributed by atoms with Crippen molar-refractivity contribution in [1.82, 2.24) is 9.88 Å². The molecule has 0 aliphatic carbocycles. The third-order valence-corrected chi connectivity index (χ3v) is 4.65. The normalized spacial score (nSPS) is 17.6. The molecular formula is C20H20N2O2. The van der Waals surface area contributed by atoms with E-state index in [0.717, 1.165) is 24.3 Å². The van der Waals surface area contributed by atoms with Crippen LogP contribution in [0.5, 0.6) is 0 Å². The molecule has 1 aromatic heterocycles. The standard InChI is InChI=1S/C20H20N2O2/c23-14-18-17-9-5-4-6-15(17)10-11-22(18)13-20-21-12-19(24-20)16-7-2-1-3-8-16/h1-9,12,18,23H,10-11,13-14H2. The second-order valence-corrected chi connectivity index (χ2v) is 6.10. The fourth-order valence-corrected chi connectivity index (χ4v) is 3.40. The Labute approximate surface area is 141 Å². The van der Waals surface area contributed by atoms with E-state index >= 15 is 0 Å². The maximum absolute atomic E-state index is 9.88. The van der Waals surface area contributed by atoms with Crippen LogP contribution < -0.4 is 0 Å². The minimum Gasteiger partial charge on any atom is -0.439 e. The van der Waals surface area contributed by atoms with Crippen LogP contribution in [0.4, 0.5) is 0 Å². The van der Waals surface area contributed by atoms with E-state index in [4.69, 9.17) is 4.42 Å². The van der Waals surface area contributed by atoms with Crippen molar-refractivity contribution in [2.75, 3.05) is 13.2 Å². The van der Waals surface area contributed by atoms with E-state index in [1.54, 1.807) is 6.20 Å². The van der Waals surface area contributed by atoms with Gasteiger partial charge >= 0.3 is 0 Å². The number of hydrogen-bond donors (Lipinski definition) is 1. The SMILES string of the molecule is OCC1c2ccccc2CCN1Cc1ncc(-c2ccccc2)o1. The van der Waals surface area contributed by atoms with Crippen LogP contribution in [0, 0.1) is 0 Å². The summed E-state index contributed by atoms with van der Waals surface area (Å²) in [5.74, 6) is 1.47. The minimum atomic E-state index is 0.00188. The Morgan fingerprint density at radius 2 is 1.88 bits per heavy atom. The van der Waals surface area contributed by atoms with Crippen molar-refractivity contribution in [3.8, 4) is 11.3 Å². The van der Waals surface area contributed by atoms with Gasteiger partial charge in [-0.15, -0.1) is 0 Å². The number of benzene rings is 2. The molecule has 1 unspecified atom stereocenters. The highest BCUT2D eigenvalue weighted by Gasteiger charge is 2.27. The monoisotopic (exact) mass is 320 g/mol. The van der Waals surface area contributed by atoms with Gasteiger partial charge in [0.1, 0.15) is 0 Å². The van der Waals surface area contributed by atoms with E-state index in [1.807, 2.05) is 36.4 Å². The fraction of sp³-hybridized carbons (Fsp3) is 0.250. The van der Waals surface area contributed by atoms with Crippen LogP contribution in [0.1, 0.15) is 23.1 Å². The zero-order chi connectivity index (χ0) is 16.4. The second-order valence-electron chi connectivity index (χ2n) is 6.10. The zero-order valence-corrected chi connectivity index (χ0v) is 13.4. The lowest BCUT2D eigenvalue weighted by Crippen LogP contribution is -2.36. The average Bonchev–Trinajstić information content (AvgIpc) is 3.11. The Bertz CT molecular complexity index is 813. The molecule has 0 spiro atoms. The van der Waals surface area contributed by atoms with Gasteiger partial charge in [0.2, 0.25) is 5.89 Å². The van der Waals surface area contributed by atoms with Gasteiger partial charge in [0.25, 0.3) is 0 Å². The molecule has 122 valence electrons. The van der Waals surface area contributed by atoms with Crippen molar-refractivity contribution in [2.45, 2.75) is 19.0 Å². The highest BCUT2D eigenvalue weighted by Crippen LogP contribution is 2.31. The first kappa shape index (κ1) is 15.1. The Hall–Kier alpha value is -2.43. The van der Waals surface area contributed by atoms with E-state index in [-0.39, 0.29) is 12.6 Å². The Kier molecular flexibility index (Phi) is 4.15. The van der Waals surface area contributed by atoms with Crippen molar-refractivity contribution < 1.29 is 9.52 Å². The summed E-state index contributed by atoms with van der Waals surface area (Å²) in [4.78, 5) is 6.66. The molecule has 1 aliphatic heterocycles. The second kappa shape index (κ2) is 6.59. The van der Waals surface area contributed by atoms with Crippen LogP contribution in [0.3, 0.4) is 0 Å². The van der Waals surface area contributed by atoms with Gasteiger partial charge in [-0.25, -0.2) is 4.98 Å². The number of fused-ring (bicyclic) bond motifs is 1. The average molecular weight is 320 g/mol. The fourth-order valence-electron chi connectivity index (χ4n) is 3.40. The van der Waals surface area contributed by atoms with Crippen LogP contribution in [0.25, 0.3) is 11.3 Å². The highest BCUT2D eigenvalue weighted by molar-refractivity contribution is 5.55. The smallest absolute Gasteiger partial charge is 0.209 e. The molecular weight excluding hydrogens is 300 g/mol. The molecule has 0 bridgehead atoms. The van der Waals surface area contributed by atoms with Crippen molar-refractivity contribution in [3.63, 3.8) is 0 Å². The Morgan fingerprint density at radius 1 is 1.08 bits per heavy atom. The third kappa shape index (κ3) is 2.86. The van der Waals surface area contributed by atoms with Gasteiger partial charge in [0.15, 0.2) is 5.76 Å². The molecule has 4 nitrogen and oxygen atoms in total. The molecule has 1 aliphatic rings. The van der Waals surface area contributed by atoms with E-state index in [1.165, 1.54) is 11.1 Å². The molecule has 2 aromatic carbocycles. The van der Waals surface area contributed by atoms with Crippen molar-refractivity contribution in [1.29, 1.82) is 0 Å². The number of rotatable bonds is 4. The summed E-state index contributed by atoms with van der Waals surface area (Å²) in [5, 5.41) is 9.88. The molecule has 4 rings (SSSR count). The van der Waals surface area contributed by atoms with Crippen molar-refractivity contribution >= 4 is 0 Å². The molecule has 3 aromatic rings. The molecule has 4 heteroatoms. The quantitative estimate of drug-likeness (QED) is 0.800. The molecule has 0 saturated heterocycles. The Balaban J connectivity index is 1.55. The number of aliphatic hydroxyl groups is 1. The topological polar surface area (TPSA) is 49.5 Å². The summed E-state index contributed by atoms with van der Waals surface area (Å²) in [6.07, 6.45) is 2.76. The summed E-state index contributed by atoms with van der Waals surface area (Å²) in [7, 11) is 0.